The second kappa shape index (κ2) is 14.2. The van der Waals surface area contributed by atoms with E-state index >= 15 is 0 Å². The third-order valence-electron chi connectivity index (χ3n) is 8.47. The van der Waals surface area contributed by atoms with Crippen molar-refractivity contribution in [2.24, 2.45) is 0 Å². The molecule has 2 radical (unpaired) electrons. The fraction of sp³-hybridized carbons (Fsp3) is 0.200. The molecule has 1 atom stereocenters. The molecule has 0 saturated heterocycles. The summed E-state index contributed by atoms with van der Waals surface area (Å²) < 4.78 is 0. The summed E-state index contributed by atoms with van der Waals surface area (Å²) in [5.74, 6) is 0.473. The van der Waals surface area contributed by atoms with Crippen molar-refractivity contribution < 1.29 is 25.8 Å². The standard InChI is InChI=1S/C38H36Si.2CH3.Hf/c1-6-7-17-31-30-18-11-20-33(38-26(4)14-9-15-27(38)5)35(30)23-36(31)39-29-21-28-16-10-19-32(34(28)22-29)37-24(2)12-8-13-25(37)3;;;/h8-16,18-23,31H,1,6-7,17H2,2-5H3;2*1H3;/q-2;2*-1;+4. The first-order valence-electron chi connectivity index (χ1n) is 14.2. The quantitative estimate of drug-likeness (QED) is 0.116. The zero-order valence-electron chi connectivity index (χ0n) is 26.1. The third kappa shape index (κ3) is 6.17. The largest absolute Gasteiger partial charge is 4.00 e. The monoisotopic (exact) mass is 730 g/mol. The number of hydrogen-bond donors (Lipinski definition) is 0. The minimum absolute atomic E-state index is 0. The molecule has 42 heavy (non-hydrogen) atoms. The summed E-state index contributed by atoms with van der Waals surface area (Å²) in [5, 5.41) is 5.73. The summed E-state index contributed by atoms with van der Waals surface area (Å²) in [6.45, 7) is 13.1. The van der Waals surface area contributed by atoms with Gasteiger partial charge in [-0.3, -0.25) is 0 Å². The molecule has 0 aromatic heterocycles. The number of hydrogen-bond acceptors (Lipinski definition) is 0. The average Bonchev–Trinajstić information content (AvgIpc) is 3.48. The van der Waals surface area contributed by atoms with E-state index in [0.29, 0.717) is 15.4 Å². The summed E-state index contributed by atoms with van der Waals surface area (Å²) >= 11 is 0. The molecule has 0 saturated carbocycles. The second-order valence-corrected chi connectivity index (χ2v) is 12.6. The number of benzene rings is 4. The summed E-state index contributed by atoms with van der Waals surface area (Å²) in [6, 6.07) is 31.9. The maximum Gasteiger partial charge on any atom is 4.00 e. The van der Waals surface area contributed by atoms with E-state index in [2.05, 4.69) is 126 Å². The predicted octanol–water partition coefficient (Wildman–Crippen LogP) is 10.5. The molecular weight excluding hydrogens is 687 g/mol. The predicted molar refractivity (Wildman–Crippen MR) is 184 cm³/mol. The van der Waals surface area contributed by atoms with Crippen LogP contribution in [0.5, 0.6) is 0 Å². The zero-order valence-corrected chi connectivity index (χ0v) is 30.7. The van der Waals surface area contributed by atoms with E-state index in [1.807, 2.05) is 0 Å². The third-order valence-corrected chi connectivity index (χ3v) is 9.83. The summed E-state index contributed by atoms with van der Waals surface area (Å²) in [4.78, 5) is 0. The Bertz CT molecular complexity index is 1680. The van der Waals surface area contributed by atoms with Crippen molar-refractivity contribution in [3.8, 4) is 22.3 Å². The van der Waals surface area contributed by atoms with Crippen molar-refractivity contribution >= 4 is 31.6 Å². The van der Waals surface area contributed by atoms with E-state index in [1.165, 1.54) is 78.0 Å². The van der Waals surface area contributed by atoms with Crippen molar-refractivity contribution in [1.82, 2.24) is 0 Å². The number of fused-ring (bicyclic) bond motifs is 2. The minimum atomic E-state index is 0. The van der Waals surface area contributed by atoms with Gasteiger partial charge in [0.1, 0.15) is 0 Å². The molecule has 0 bridgehead atoms. The van der Waals surface area contributed by atoms with Crippen LogP contribution in [0.2, 0.25) is 0 Å². The van der Waals surface area contributed by atoms with Gasteiger partial charge >= 0.3 is 25.8 Å². The van der Waals surface area contributed by atoms with E-state index in [9.17, 15) is 0 Å². The van der Waals surface area contributed by atoms with Crippen LogP contribution < -0.4 is 5.19 Å². The van der Waals surface area contributed by atoms with E-state index in [-0.39, 0.29) is 40.7 Å². The molecule has 0 N–H and O–H groups in total. The molecule has 5 aromatic rings. The molecule has 0 spiro atoms. The Morgan fingerprint density at radius 2 is 1.29 bits per heavy atom. The van der Waals surface area contributed by atoms with Crippen LogP contribution in [-0.4, -0.2) is 9.52 Å². The smallest absolute Gasteiger partial charge is 0.358 e. The van der Waals surface area contributed by atoms with Crippen LogP contribution in [0.25, 0.3) is 39.1 Å². The van der Waals surface area contributed by atoms with Crippen molar-refractivity contribution in [3.05, 3.63) is 145 Å². The Morgan fingerprint density at radius 3 is 1.90 bits per heavy atom. The zero-order chi connectivity index (χ0) is 27.1. The van der Waals surface area contributed by atoms with Gasteiger partial charge in [-0.2, -0.15) is 12.5 Å². The van der Waals surface area contributed by atoms with Crippen molar-refractivity contribution in [3.63, 3.8) is 0 Å². The molecule has 0 nitrogen and oxygen atoms in total. The van der Waals surface area contributed by atoms with Gasteiger partial charge in [0, 0.05) is 5.92 Å². The minimum Gasteiger partial charge on any atom is -0.358 e. The van der Waals surface area contributed by atoms with Crippen molar-refractivity contribution in [2.45, 2.75) is 52.9 Å². The molecule has 5 aromatic carbocycles. The van der Waals surface area contributed by atoms with Crippen molar-refractivity contribution in [1.29, 1.82) is 0 Å². The van der Waals surface area contributed by atoms with Crippen LogP contribution in [0, 0.1) is 49.5 Å². The fourth-order valence-electron chi connectivity index (χ4n) is 6.64. The molecule has 1 unspecified atom stereocenters. The van der Waals surface area contributed by atoms with Gasteiger partial charge in [-0.25, -0.2) is 0 Å². The van der Waals surface area contributed by atoms with Gasteiger partial charge in [-0.05, 0) is 84.2 Å². The van der Waals surface area contributed by atoms with Crippen LogP contribution in [0.15, 0.2) is 90.1 Å². The second-order valence-electron chi connectivity index (χ2n) is 11.2. The van der Waals surface area contributed by atoms with Gasteiger partial charge in [0.25, 0.3) is 0 Å². The maximum atomic E-state index is 4.16. The maximum absolute atomic E-state index is 4.16. The molecule has 2 heteroatoms. The molecule has 0 fully saturated rings. The number of rotatable bonds is 7. The topological polar surface area (TPSA) is 0 Å². The van der Waals surface area contributed by atoms with Gasteiger partial charge in [-0.1, -0.05) is 83.9 Å². The first-order valence-corrected chi connectivity index (χ1v) is 15.2. The first kappa shape index (κ1) is 33.8. The SMILES string of the molecule is [CH2-]CCCC1C([Si]c2cc3c(-c4c(C)cccc4C)cccc3[cH-]2)=Cc2c(-c3c(C)cccc3C)cccc21.[CH3-].[CH3-].[Hf+4]. The first-order chi connectivity index (χ1) is 19.0. The average molecular weight is 729 g/mol. The van der Waals surface area contributed by atoms with Crippen LogP contribution in [-0.2, 0) is 25.8 Å². The van der Waals surface area contributed by atoms with Gasteiger partial charge in [-0.15, -0.1) is 34.2 Å². The van der Waals surface area contributed by atoms with Gasteiger partial charge < -0.3 is 21.8 Å². The molecule has 1 aliphatic carbocycles. The van der Waals surface area contributed by atoms with Crippen molar-refractivity contribution in [2.75, 3.05) is 0 Å². The van der Waals surface area contributed by atoms with E-state index < -0.39 is 0 Å². The normalized spacial score (nSPS) is 13.5. The van der Waals surface area contributed by atoms with Gasteiger partial charge in [0.15, 0.2) is 0 Å². The van der Waals surface area contributed by atoms with Gasteiger partial charge in [0.05, 0.1) is 9.52 Å². The van der Waals surface area contributed by atoms with Crippen LogP contribution in [0.3, 0.4) is 0 Å². The van der Waals surface area contributed by atoms with E-state index in [0.717, 1.165) is 12.8 Å². The van der Waals surface area contributed by atoms with Gasteiger partial charge in [0.2, 0.25) is 0 Å². The fourth-order valence-corrected chi connectivity index (χ4v) is 8.11. The molecule has 1 aliphatic rings. The number of aryl methyl sites for hydroxylation is 4. The molecule has 6 rings (SSSR count). The Balaban J connectivity index is 0.00000161. The van der Waals surface area contributed by atoms with Crippen LogP contribution in [0.4, 0.5) is 0 Å². The molecule has 0 amide bonds. The molecule has 210 valence electrons. The number of unbranched alkanes of at least 4 members (excludes halogenated alkanes) is 1. The summed E-state index contributed by atoms with van der Waals surface area (Å²) in [6.07, 6.45) is 5.84. The summed E-state index contributed by atoms with van der Waals surface area (Å²) in [5.41, 5.74) is 13.8. The number of allylic oxidation sites excluding steroid dienone is 1. The molecular formula is C40H42HfSi. The van der Waals surface area contributed by atoms with Crippen LogP contribution in [0.1, 0.15) is 58.6 Å². The Morgan fingerprint density at radius 1 is 0.738 bits per heavy atom. The Kier molecular flexibility index (Phi) is 11.4. The Labute approximate surface area is 276 Å². The van der Waals surface area contributed by atoms with Crippen LogP contribution >= 0.6 is 0 Å². The Hall–Kier alpha value is -2.68. The molecule has 0 aliphatic heterocycles. The van der Waals surface area contributed by atoms with E-state index in [4.69, 9.17) is 0 Å². The summed E-state index contributed by atoms with van der Waals surface area (Å²) in [7, 11) is 0.667. The van der Waals surface area contributed by atoms with E-state index in [1.54, 1.807) is 5.20 Å². The molecule has 0 heterocycles.